The van der Waals surface area contributed by atoms with E-state index in [-0.39, 0.29) is 0 Å². The minimum absolute atomic E-state index is 0.313. The maximum Gasteiger partial charge on any atom is 0.155 e. The van der Waals surface area contributed by atoms with E-state index in [0.29, 0.717) is 12.1 Å². The van der Waals surface area contributed by atoms with Crippen LogP contribution in [-0.4, -0.2) is 44.8 Å². The molecule has 1 fully saturated rings. The molecule has 0 spiro atoms. The molecule has 4 heterocycles. The van der Waals surface area contributed by atoms with Gasteiger partial charge in [-0.05, 0) is 24.5 Å². The third-order valence-electron chi connectivity index (χ3n) is 5.36. The van der Waals surface area contributed by atoms with E-state index in [1.807, 2.05) is 23.7 Å². The highest BCUT2D eigenvalue weighted by atomic mass is 16.5. The first-order valence-electron chi connectivity index (χ1n) is 9.17. The molecule has 0 N–H and O–H groups in total. The standard InChI is InChI=1S/C21H22N4O/c1-15-7-21-22-10-18(12-25(21)23-15)17-8-19-13-26-14-20(9-17)24(19)11-16-5-3-2-4-6-16/h2-8,10,12,19-20H,9,11,13-14H2,1H3. The lowest BCUT2D eigenvalue weighted by molar-refractivity contribution is -0.0402. The molecule has 2 atom stereocenters. The molecule has 5 nitrogen and oxygen atoms in total. The molecule has 2 aliphatic heterocycles. The summed E-state index contributed by atoms with van der Waals surface area (Å²) in [5, 5.41) is 4.50. The summed E-state index contributed by atoms with van der Waals surface area (Å²) in [5.74, 6) is 0. The molecule has 5 rings (SSSR count). The zero-order valence-electron chi connectivity index (χ0n) is 14.9. The van der Waals surface area contributed by atoms with Crippen molar-refractivity contribution < 1.29 is 4.74 Å². The van der Waals surface area contributed by atoms with Gasteiger partial charge in [-0.3, -0.25) is 4.90 Å². The van der Waals surface area contributed by atoms with Gasteiger partial charge in [-0.15, -0.1) is 0 Å². The third kappa shape index (κ3) is 2.83. The maximum atomic E-state index is 5.84. The average Bonchev–Trinajstić information content (AvgIpc) is 3.01. The summed E-state index contributed by atoms with van der Waals surface area (Å²) in [7, 11) is 0. The average molecular weight is 346 g/mol. The van der Waals surface area contributed by atoms with Gasteiger partial charge in [0, 0.05) is 36.6 Å². The molecular weight excluding hydrogens is 324 g/mol. The molecule has 1 aromatic carbocycles. The summed E-state index contributed by atoms with van der Waals surface area (Å²) in [5.41, 5.74) is 5.77. The van der Waals surface area contributed by atoms with Gasteiger partial charge < -0.3 is 4.74 Å². The molecule has 0 radical (unpaired) electrons. The van der Waals surface area contributed by atoms with Crippen LogP contribution in [0.5, 0.6) is 0 Å². The third-order valence-corrected chi connectivity index (χ3v) is 5.36. The molecule has 2 bridgehead atoms. The molecule has 1 saturated heterocycles. The van der Waals surface area contributed by atoms with E-state index in [9.17, 15) is 0 Å². The van der Waals surface area contributed by atoms with Crippen LogP contribution in [0.25, 0.3) is 11.2 Å². The quantitative estimate of drug-likeness (QED) is 0.731. The van der Waals surface area contributed by atoms with Crippen molar-refractivity contribution in [3.8, 4) is 0 Å². The van der Waals surface area contributed by atoms with E-state index in [1.54, 1.807) is 0 Å². The van der Waals surface area contributed by atoms with Crippen LogP contribution >= 0.6 is 0 Å². The lowest BCUT2D eigenvalue weighted by Gasteiger charge is -2.44. The smallest absolute Gasteiger partial charge is 0.155 e. The highest BCUT2D eigenvalue weighted by Crippen LogP contribution is 2.33. The predicted octanol–water partition coefficient (Wildman–Crippen LogP) is 3.09. The lowest BCUT2D eigenvalue weighted by Crippen LogP contribution is -2.53. The van der Waals surface area contributed by atoms with Crippen molar-refractivity contribution >= 4 is 11.2 Å². The van der Waals surface area contributed by atoms with Crippen molar-refractivity contribution in [2.45, 2.75) is 32.0 Å². The number of benzene rings is 1. The van der Waals surface area contributed by atoms with Crippen molar-refractivity contribution in [2.24, 2.45) is 0 Å². The Morgan fingerprint density at radius 3 is 2.92 bits per heavy atom. The van der Waals surface area contributed by atoms with Crippen LogP contribution in [0.2, 0.25) is 0 Å². The summed E-state index contributed by atoms with van der Waals surface area (Å²) < 4.78 is 7.73. The zero-order chi connectivity index (χ0) is 17.5. The molecule has 0 saturated carbocycles. The van der Waals surface area contributed by atoms with Gasteiger partial charge in [-0.2, -0.15) is 5.10 Å². The summed E-state index contributed by atoms with van der Waals surface area (Å²) in [6.07, 6.45) is 7.42. The van der Waals surface area contributed by atoms with Gasteiger partial charge in [-0.25, -0.2) is 9.50 Å². The monoisotopic (exact) mass is 346 g/mol. The molecule has 0 aliphatic carbocycles. The van der Waals surface area contributed by atoms with Gasteiger partial charge >= 0.3 is 0 Å². The number of hydrogen-bond donors (Lipinski definition) is 0. The number of ether oxygens (including phenoxy) is 1. The zero-order valence-corrected chi connectivity index (χ0v) is 14.9. The number of fused-ring (bicyclic) bond motifs is 3. The molecule has 2 aliphatic rings. The van der Waals surface area contributed by atoms with Crippen LogP contribution in [0.4, 0.5) is 0 Å². The number of nitrogens with zero attached hydrogens (tertiary/aromatic N) is 4. The molecular formula is C21H22N4O. The maximum absolute atomic E-state index is 5.84. The number of rotatable bonds is 3. The Balaban J connectivity index is 1.45. The van der Waals surface area contributed by atoms with Crippen molar-refractivity contribution in [1.29, 1.82) is 0 Å². The predicted molar refractivity (Wildman–Crippen MR) is 101 cm³/mol. The summed E-state index contributed by atoms with van der Waals surface area (Å²) in [6, 6.07) is 13.4. The van der Waals surface area contributed by atoms with Crippen LogP contribution in [0.1, 0.15) is 23.2 Å². The number of hydrogen-bond acceptors (Lipinski definition) is 4. The van der Waals surface area contributed by atoms with Gasteiger partial charge in [0.1, 0.15) is 0 Å². The Morgan fingerprint density at radius 1 is 1.19 bits per heavy atom. The van der Waals surface area contributed by atoms with Crippen molar-refractivity contribution in [3.05, 3.63) is 71.7 Å². The molecule has 2 unspecified atom stereocenters. The fourth-order valence-corrected chi connectivity index (χ4v) is 4.08. The van der Waals surface area contributed by atoms with E-state index in [2.05, 4.69) is 57.6 Å². The van der Waals surface area contributed by atoms with E-state index < -0.39 is 0 Å². The van der Waals surface area contributed by atoms with E-state index in [1.165, 1.54) is 11.1 Å². The number of aromatic nitrogens is 3. The van der Waals surface area contributed by atoms with Crippen LogP contribution < -0.4 is 0 Å². The van der Waals surface area contributed by atoms with Crippen LogP contribution in [0.3, 0.4) is 0 Å². The van der Waals surface area contributed by atoms with Crippen molar-refractivity contribution in [2.75, 3.05) is 13.2 Å². The molecule has 26 heavy (non-hydrogen) atoms. The van der Waals surface area contributed by atoms with Gasteiger partial charge in [0.25, 0.3) is 0 Å². The largest absolute Gasteiger partial charge is 0.378 e. The molecule has 3 aromatic rings. The normalized spacial score (nSPS) is 23.2. The van der Waals surface area contributed by atoms with Crippen LogP contribution in [0, 0.1) is 6.92 Å². The fraction of sp³-hybridized carbons (Fsp3) is 0.333. The molecule has 0 amide bonds. The first kappa shape index (κ1) is 15.7. The first-order valence-corrected chi connectivity index (χ1v) is 9.17. The van der Waals surface area contributed by atoms with Crippen LogP contribution in [-0.2, 0) is 11.3 Å². The van der Waals surface area contributed by atoms with Crippen LogP contribution in [0.15, 0.2) is 54.9 Å². The van der Waals surface area contributed by atoms with Crippen molar-refractivity contribution in [1.82, 2.24) is 19.5 Å². The minimum atomic E-state index is 0.313. The van der Waals surface area contributed by atoms with Gasteiger partial charge in [0.15, 0.2) is 5.65 Å². The summed E-state index contributed by atoms with van der Waals surface area (Å²) >= 11 is 0. The second kappa shape index (κ2) is 6.34. The second-order valence-corrected chi connectivity index (χ2v) is 7.24. The Hall–Kier alpha value is -2.50. The Morgan fingerprint density at radius 2 is 2.08 bits per heavy atom. The Kier molecular flexibility index (Phi) is 3.84. The topological polar surface area (TPSA) is 42.7 Å². The van der Waals surface area contributed by atoms with Gasteiger partial charge in [0.05, 0.1) is 24.9 Å². The lowest BCUT2D eigenvalue weighted by atomic mass is 9.90. The highest BCUT2D eigenvalue weighted by Gasteiger charge is 2.35. The highest BCUT2D eigenvalue weighted by molar-refractivity contribution is 5.67. The first-order chi connectivity index (χ1) is 12.8. The van der Waals surface area contributed by atoms with Gasteiger partial charge in [0.2, 0.25) is 0 Å². The second-order valence-electron chi connectivity index (χ2n) is 7.24. The minimum Gasteiger partial charge on any atom is -0.378 e. The van der Waals surface area contributed by atoms with E-state index in [0.717, 1.165) is 43.1 Å². The number of morpholine rings is 1. The Labute approximate surface area is 152 Å². The van der Waals surface area contributed by atoms with E-state index >= 15 is 0 Å². The molecule has 2 aromatic heterocycles. The van der Waals surface area contributed by atoms with Gasteiger partial charge in [-0.1, -0.05) is 36.4 Å². The van der Waals surface area contributed by atoms with Crippen molar-refractivity contribution in [3.63, 3.8) is 0 Å². The molecule has 5 heteroatoms. The number of aryl methyl sites for hydroxylation is 1. The SMILES string of the molecule is Cc1cc2ncc(C3=CC4COCC(C3)N4Cc3ccccc3)cn2n1. The van der Waals surface area contributed by atoms with E-state index in [4.69, 9.17) is 4.74 Å². The molecule has 132 valence electrons. The summed E-state index contributed by atoms with van der Waals surface area (Å²) in [6.45, 7) is 4.51. The Bertz CT molecular complexity index is 963. The summed E-state index contributed by atoms with van der Waals surface area (Å²) in [4.78, 5) is 7.15. The fourth-order valence-electron chi connectivity index (χ4n) is 4.08.